The second-order valence-corrected chi connectivity index (χ2v) is 4.57. The molecule has 0 spiro atoms. The molecule has 2 N–H and O–H groups in total. The van der Waals surface area contributed by atoms with Crippen LogP contribution in [0.5, 0.6) is 0 Å². The number of anilines is 1. The van der Waals surface area contributed by atoms with Gasteiger partial charge in [0.15, 0.2) is 0 Å². The molecule has 90 valence electrons. The summed E-state index contributed by atoms with van der Waals surface area (Å²) in [7, 11) is 0. The Labute approximate surface area is 99.3 Å². The van der Waals surface area contributed by atoms with Crippen LogP contribution in [0.15, 0.2) is 12.3 Å². The van der Waals surface area contributed by atoms with Crippen molar-refractivity contribution in [2.24, 2.45) is 0 Å². The molecule has 0 aliphatic rings. The number of nitrogens with two attached hydrogens (primary N) is 1. The van der Waals surface area contributed by atoms with Crippen molar-refractivity contribution in [3.05, 3.63) is 23.4 Å². The van der Waals surface area contributed by atoms with Gasteiger partial charge in [-0.1, -0.05) is 45.1 Å². The fourth-order valence-electron chi connectivity index (χ4n) is 1.94. The number of nitrogens with zero attached hydrogens (tertiary/aromatic N) is 1. The maximum atomic E-state index is 5.84. The summed E-state index contributed by atoms with van der Waals surface area (Å²) in [6.45, 7) is 4.32. The normalized spacial score (nSPS) is 10.6. The minimum Gasteiger partial charge on any atom is -0.383 e. The zero-order valence-electron chi connectivity index (χ0n) is 10.6. The number of hydrogen-bond donors (Lipinski definition) is 1. The largest absolute Gasteiger partial charge is 0.383 e. The molecule has 1 aromatic heterocycles. The van der Waals surface area contributed by atoms with E-state index in [1.165, 1.54) is 49.7 Å². The Morgan fingerprint density at radius 2 is 1.81 bits per heavy atom. The van der Waals surface area contributed by atoms with Crippen molar-refractivity contribution in [2.45, 2.75) is 58.8 Å². The average Bonchev–Trinajstić information content (AvgIpc) is 2.28. The number of pyridine rings is 1. The lowest BCUT2D eigenvalue weighted by Gasteiger charge is -2.05. The van der Waals surface area contributed by atoms with Gasteiger partial charge in [-0.15, -0.1) is 0 Å². The van der Waals surface area contributed by atoms with E-state index in [2.05, 4.69) is 24.9 Å². The molecule has 1 aromatic rings. The van der Waals surface area contributed by atoms with E-state index in [9.17, 15) is 0 Å². The minimum absolute atomic E-state index is 0.708. The highest BCUT2D eigenvalue weighted by Crippen LogP contribution is 2.15. The Bertz CT molecular complexity index is 308. The monoisotopic (exact) mass is 220 g/mol. The molecule has 16 heavy (non-hydrogen) atoms. The summed E-state index contributed by atoms with van der Waals surface area (Å²) in [4.78, 5) is 4.18. The first-order valence-electron chi connectivity index (χ1n) is 6.45. The van der Waals surface area contributed by atoms with Crippen LogP contribution in [-0.2, 0) is 6.42 Å². The second-order valence-electron chi connectivity index (χ2n) is 4.57. The predicted molar refractivity (Wildman–Crippen MR) is 70.5 cm³/mol. The molecule has 2 nitrogen and oxygen atoms in total. The summed E-state index contributed by atoms with van der Waals surface area (Å²) in [6.07, 6.45) is 10.9. The van der Waals surface area contributed by atoms with Crippen LogP contribution in [-0.4, -0.2) is 4.98 Å². The Balaban J connectivity index is 2.23. The fourth-order valence-corrected chi connectivity index (χ4v) is 1.94. The number of aromatic nitrogens is 1. The van der Waals surface area contributed by atoms with Crippen LogP contribution in [0.3, 0.4) is 0 Å². The Kier molecular flexibility index (Phi) is 5.91. The van der Waals surface area contributed by atoms with E-state index in [0.717, 1.165) is 6.42 Å². The zero-order chi connectivity index (χ0) is 11.8. The van der Waals surface area contributed by atoms with Crippen LogP contribution < -0.4 is 5.73 Å². The van der Waals surface area contributed by atoms with Gasteiger partial charge in [-0.25, -0.2) is 4.98 Å². The van der Waals surface area contributed by atoms with Crippen molar-refractivity contribution >= 4 is 5.82 Å². The third-order valence-corrected chi connectivity index (χ3v) is 2.94. The summed E-state index contributed by atoms with van der Waals surface area (Å²) in [5.74, 6) is 0.708. The van der Waals surface area contributed by atoms with Crippen molar-refractivity contribution in [3.63, 3.8) is 0 Å². The van der Waals surface area contributed by atoms with Crippen molar-refractivity contribution < 1.29 is 0 Å². The maximum Gasteiger partial charge on any atom is 0.126 e. The van der Waals surface area contributed by atoms with Gasteiger partial charge in [-0.3, -0.25) is 0 Å². The van der Waals surface area contributed by atoms with Gasteiger partial charge in [0.05, 0.1) is 0 Å². The lowest BCUT2D eigenvalue weighted by Crippen LogP contribution is -1.98. The average molecular weight is 220 g/mol. The van der Waals surface area contributed by atoms with Crippen LogP contribution in [0.2, 0.25) is 0 Å². The highest BCUT2D eigenvalue weighted by molar-refractivity contribution is 5.40. The zero-order valence-corrected chi connectivity index (χ0v) is 10.6. The number of hydrogen-bond acceptors (Lipinski definition) is 2. The molecule has 0 bridgehead atoms. The first kappa shape index (κ1) is 13.0. The predicted octanol–water partition coefficient (Wildman–Crippen LogP) is 3.88. The van der Waals surface area contributed by atoms with E-state index in [0.29, 0.717) is 5.82 Å². The molecule has 0 aliphatic carbocycles. The molecular weight excluding hydrogens is 196 g/mol. The topological polar surface area (TPSA) is 38.9 Å². The van der Waals surface area contributed by atoms with Crippen molar-refractivity contribution in [1.82, 2.24) is 4.98 Å². The molecule has 0 saturated heterocycles. The van der Waals surface area contributed by atoms with E-state index < -0.39 is 0 Å². The van der Waals surface area contributed by atoms with Gasteiger partial charge in [0.25, 0.3) is 0 Å². The highest BCUT2D eigenvalue weighted by Gasteiger charge is 2.00. The molecule has 1 heterocycles. The number of aryl methyl sites for hydroxylation is 2. The molecule has 1 rings (SSSR count). The van der Waals surface area contributed by atoms with Crippen molar-refractivity contribution in [2.75, 3.05) is 5.73 Å². The molecule has 2 heteroatoms. The van der Waals surface area contributed by atoms with Gasteiger partial charge < -0.3 is 5.73 Å². The van der Waals surface area contributed by atoms with E-state index in [-0.39, 0.29) is 0 Å². The Morgan fingerprint density at radius 3 is 2.56 bits per heavy atom. The first-order chi connectivity index (χ1) is 7.74. The first-order valence-corrected chi connectivity index (χ1v) is 6.45. The van der Waals surface area contributed by atoms with Crippen LogP contribution in [0.4, 0.5) is 5.82 Å². The van der Waals surface area contributed by atoms with Gasteiger partial charge in [0.1, 0.15) is 5.82 Å². The standard InChI is InChI=1S/C14H24N2/c1-3-4-5-6-7-8-9-13-10-12(2)11-16-14(13)15/h10-11H,3-9H2,1-2H3,(H2,15,16). The van der Waals surface area contributed by atoms with E-state index in [4.69, 9.17) is 5.73 Å². The number of rotatable bonds is 7. The van der Waals surface area contributed by atoms with Gasteiger partial charge in [0, 0.05) is 6.20 Å². The van der Waals surface area contributed by atoms with Gasteiger partial charge >= 0.3 is 0 Å². The third-order valence-electron chi connectivity index (χ3n) is 2.94. The van der Waals surface area contributed by atoms with Crippen LogP contribution in [0.1, 0.15) is 56.6 Å². The molecule has 0 fully saturated rings. The molecule has 0 unspecified atom stereocenters. The summed E-state index contributed by atoms with van der Waals surface area (Å²) < 4.78 is 0. The summed E-state index contributed by atoms with van der Waals surface area (Å²) >= 11 is 0. The highest BCUT2D eigenvalue weighted by atomic mass is 14.8. The van der Waals surface area contributed by atoms with Crippen molar-refractivity contribution in [1.29, 1.82) is 0 Å². The smallest absolute Gasteiger partial charge is 0.126 e. The second kappa shape index (κ2) is 7.26. The molecular formula is C14H24N2. The SMILES string of the molecule is CCCCCCCCc1cc(C)cnc1N. The third kappa shape index (κ3) is 4.65. The van der Waals surface area contributed by atoms with Crippen LogP contribution in [0.25, 0.3) is 0 Å². The molecule has 0 atom stereocenters. The minimum atomic E-state index is 0.708. The molecule has 0 radical (unpaired) electrons. The summed E-state index contributed by atoms with van der Waals surface area (Å²) in [5.41, 5.74) is 8.26. The van der Waals surface area contributed by atoms with Crippen LogP contribution in [0, 0.1) is 6.92 Å². The molecule has 0 amide bonds. The summed E-state index contributed by atoms with van der Waals surface area (Å²) in [5, 5.41) is 0. The number of nitrogen functional groups attached to an aromatic ring is 1. The van der Waals surface area contributed by atoms with E-state index in [1.807, 2.05) is 6.20 Å². The van der Waals surface area contributed by atoms with Gasteiger partial charge in [-0.2, -0.15) is 0 Å². The Hall–Kier alpha value is -1.05. The number of unbranched alkanes of at least 4 members (excludes halogenated alkanes) is 5. The lowest BCUT2D eigenvalue weighted by atomic mass is 10.0. The van der Waals surface area contributed by atoms with Gasteiger partial charge in [0.2, 0.25) is 0 Å². The summed E-state index contributed by atoms with van der Waals surface area (Å²) in [6, 6.07) is 2.16. The van der Waals surface area contributed by atoms with Crippen LogP contribution >= 0.6 is 0 Å². The Morgan fingerprint density at radius 1 is 1.12 bits per heavy atom. The fraction of sp³-hybridized carbons (Fsp3) is 0.643. The molecule has 0 aliphatic heterocycles. The van der Waals surface area contributed by atoms with E-state index in [1.54, 1.807) is 0 Å². The molecule has 0 aromatic carbocycles. The van der Waals surface area contributed by atoms with E-state index >= 15 is 0 Å². The lowest BCUT2D eigenvalue weighted by molar-refractivity contribution is 0.607. The van der Waals surface area contributed by atoms with Crippen molar-refractivity contribution in [3.8, 4) is 0 Å². The molecule has 0 saturated carbocycles. The maximum absolute atomic E-state index is 5.84. The van der Waals surface area contributed by atoms with Gasteiger partial charge in [-0.05, 0) is 30.9 Å². The quantitative estimate of drug-likeness (QED) is 0.708.